The number of aliphatic hydroxyl groups excluding tert-OH is 1. The van der Waals surface area contributed by atoms with Crippen LogP contribution in [-0.4, -0.2) is 54.0 Å². The van der Waals surface area contributed by atoms with Crippen molar-refractivity contribution in [2.75, 3.05) is 6.61 Å². The summed E-state index contributed by atoms with van der Waals surface area (Å²) in [6, 6.07) is 3.60. The van der Waals surface area contributed by atoms with Crippen molar-refractivity contribution in [1.29, 1.82) is 0 Å². The molecule has 4 aromatic rings. The third kappa shape index (κ3) is 2.89. The fourth-order valence-electron chi connectivity index (χ4n) is 3.85. The first-order chi connectivity index (χ1) is 14.4. The first-order valence-electron chi connectivity index (χ1n) is 9.26. The van der Waals surface area contributed by atoms with Gasteiger partial charge in [0, 0.05) is 30.4 Å². The largest absolute Gasteiger partial charge is 0.475 e. The molecule has 30 heavy (non-hydrogen) atoms. The summed E-state index contributed by atoms with van der Waals surface area (Å²) in [4.78, 5) is 7.64. The number of nitrogens with zero attached hydrogens (tertiary/aromatic N) is 5. The number of ether oxygens (including phenoxy) is 2. The van der Waals surface area contributed by atoms with Gasteiger partial charge in [-0.05, 0) is 19.1 Å². The zero-order valence-electron chi connectivity index (χ0n) is 16.1. The highest BCUT2D eigenvalue weighted by Gasteiger charge is 2.30. The van der Waals surface area contributed by atoms with Gasteiger partial charge in [0.15, 0.2) is 0 Å². The SMILES string of the molecule is Cc1nn2c(c1-c1[nH]c3ncccc3c1-c1cn(C)nc1OC(F)F)OC[C@@H](O)C2. The molecule has 9 nitrogen and oxygen atoms in total. The molecule has 5 rings (SSSR count). The highest BCUT2D eigenvalue weighted by molar-refractivity contribution is 6.04. The molecule has 2 N–H and O–H groups in total. The van der Waals surface area contributed by atoms with Crippen LogP contribution in [-0.2, 0) is 13.6 Å². The number of nitrogens with one attached hydrogen (secondary N) is 1. The van der Waals surface area contributed by atoms with Crippen molar-refractivity contribution in [3.05, 3.63) is 30.2 Å². The molecular weight excluding hydrogens is 398 g/mol. The van der Waals surface area contributed by atoms with Crippen molar-refractivity contribution in [2.24, 2.45) is 7.05 Å². The van der Waals surface area contributed by atoms with Gasteiger partial charge in [-0.3, -0.25) is 4.68 Å². The van der Waals surface area contributed by atoms with Crippen LogP contribution in [0.4, 0.5) is 8.78 Å². The van der Waals surface area contributed by atoms with Gasteiger partial charge < -0.3 is 19.6 Å². The van der Waals surface area contributed by atoms with Crippen LogP contribution >= 0.6 is 0 Å². The molecule has 11 heteroatoms. The second-order valence-electron chi connectivity index (χ2n) is 7.09. The summed E-state index contributed by atoms with van der Waals surface area (Å²) >= 11 is 0. The van der Waals surface area contributed by atoms with Crippen LogP contribution in [0.2, 0.25) is 0 Å². The summed E-state index contributed by atoms with van der Waals surface area (Å²) in [5, 5.41) is 19.1. The maximum Gasteiger partial charge on any atom is 0.388 e. The van der Waals surface area contributed by atoms with E-state index in [1.54, 1.807) is 30.2 Å². The Kier molecular flexibility index (Phi) is 4.21. The first kappa shape index (κ1) is 18.6. The van der Waals surface area contributed by atoms with Crippen LogP contribution in [0, 0.1) is 6.92 Å². The highest BCUT2D eigenvalue weighted by atomic mass is 19.3. The van der Waals surface area contributed by atoms with Gasteiger partial charge in [0.05, 0.1) is 29.1 Å². The molecule has 0 aliphatic carbocycles. The van der Waals surface area contributed by atoms with Crippen LogP contribution in [0.5, 0.6) is 11.8 Å². The van der Waals surface area contributed by atoms with E-state index in [4.69, 9.17) is 4.74 Å². The van der Waals surface area contributed by atoms with Crippen LogP contribution in [0.15, 0.2) is 24.5 Å². The van der Waals surface area contributed by atoms with Gasteiger partial charge in [0.2, 0.25) is 11.8 Å². The second-order valence-corrected chi connectivity index (χ2v) is 7.09. The van der Waals surface area contributed by atoms with Crippen LogP contribution in [0.1, 0.15) is 5.69 Å². The molecule has 1 atom stereocenters. The maximum absolute atomic E-state index is 13.0. The lowest BCUT2D eigenvalue weighted by molar-refractivity contribution is -0.0527. The maximum atomic E-state index is 13.0. The summed E-state index contributed by atoms with van der Waals surface area (Å²) < 4.78 is 39.5. The van der Waals surface area contributed by atoms with E-state index in [0.29, 0.717) is 46.2 Å². The lowest BCUT2D eigenvalue weighted by Gasteiger charge is -2.20. The molecule has 0 fully saturated rings. The van der Waals surface area contributed by atoms with Gasteiger partial charge in [-0.2, -0.15) is 13.9 Å². The van der Waals surface area contributed by atoms with Crippen LogP contribution in [0.3, 0.4) is 0 Å². The summed E-state index contributed by atoms with van der Waals surface area (Å²) in [7, 11) is 1.63. The number of aryl methyl sites for hydroxylation is 2. The molecule has 1 aliphatic heterocycles. The average Bonchev–Trinajstić information content (AvgIpc) is 3.32. The van der Waals surface area contributed by atoms with E-state index in [-0.39, 0.29) is 12.5 Å². The predicted molar refractivity (Wildman–Crippen MR) is 102 cm³/mol. The summed E-state index contributed by atoms with van der Waals surface area (Å²) in [6.07, 6.45) is 2.60. The number of H-pyrrole nitrogens is 1. The van der Waals surface area contributed by atoms with E-state index >= 15 is 0 Å². The Morgan fingerprint density at radius 2 is 2.17 bits per heavy atom. The van der Waals surface area contributed by atoms with Crippen LogP contribution in [0.25, 0.3) is 33.4 Å². The lowest BCUT2D eigenvalue weighted by atomic mass is 10.0. The van der Waals surface area contributed by atoms with Gasteiger partial charge in [-0.15, -0.1) is 5.10 Å². The van der Waals surface area contributed by atoms with Crippen molar-refractivity contribution in [2.45, 2.75) is 26.2 Å². The van der Waals surface area contributed by atoms with E-state index in [9.17, 15) is 13.9 Å². The van der Waals surface area contributed by atoms with E-state index in [0.717, 1.165) is 5.39 Å². The fourth-order valence-corrected chi connectivity index (χ4v) is 3.85. The molecule has 156 valence electrons. The number of rotatable bonds is 4. The smallest absolute Gasteiger partial charge is 0.388 e. The van der Waals surface area contributed by atoms with E-state index in [1.807, 2.05) is 13.0 Å². The Bertz CT molecular complexity index is 1240. The van der Waals surface area contributed by atoms with E-state index < -0.39 is 12.7 Å². The molecule has 0 saturated heterocycles. The van der Waals surface area contributed by atoms with E-state index in [2.05, 4.69) is 24.9 Å². The summed E-state index contributed by atoms with van der Waals surface area (Å²) in [6.45, 7) is -0.755. The lowest BCUT2D eigenvalue weighted by Crippen LogP contribution is -2.30. The number of fused-ring (bicyclic) bond motifs is 2. The Balaban J connectivity index is 1.79. The fraction of sp³-hybridized carbons (Fsp3) is 0.316. The molecule has 0 amide bonds. The first-order valence-corrected chi connectivity index (χ1v) is 9.26. The third-order valence-corrected chi connectivity index (χ3v) is 4.96. The molecule has 0 spiro atoms. The van der Waals surface area contributed by atoms with Crippen molar-refractivity contribution in [1.82, 2.24) is 29.5 Å². The number of halogens is 2. The molecule has 0 radical (unpaired) electrons. The topological polar surface area (TPSA) is 103 Å². The average molecular weight is 416 g/mol. The number of hydrogen-bond acceptors (Lipinski definition) is 6. The molecule has 0 unspecified atom stereocenters. The van der Waals surface area contributed by atoms with Gasteiger partial charge in [-0.1, -0.05) is 0 Å². The Hall–Kier alpha value is -3.47. The van der Waals surface area contributed by atoms with Gasteiger partial charge in [-0.25, -0.2) is 9.67 Å². The standard InChI is InChI=1S/C19H18F2N6O3/c1-9-13(18-27(24-9)6-10(28)8-29-18)15-14(11-4-3-5-22-16(11)23-15)12-7-26(2)25-17(12)30-19(20)21/h3-5,7,10,19,28H,6,8H2,1-2H3,(H,22,23)/t10-/m0/s1. The number of aliphatic hydroxyl groups is 1. The van der Waals surface area contributed by atoms with Crippen molar-refractivity contribution >= 4 is 11.0 Å². The van der Waals surface area contributed by atoms with E-state index in [1.165, 1.54) is 4.68 Å². The number of aromatic amines is 1. The molecule has 5 heterocycles. The highest BCUT2D eigenvalue weighted by Crippen LogP contribution is 2.45. The molecule has 4 aromatic heterocycles. The predicted octanol–water partition coefficient (Wildman–Crippen LogP) is 2.49. The Morgan fingerprint density at radius 1 is 1.33 bits per heavy atom. The Morgan fingerprint density at radius 3 is 2.97 bits per heavy atom. The number of aromatic nitrogens is 6. The van der Waals surface area contributed by atoms with Crippen LogP contribution < -0.4 is 9.47 Å². The number of pyridine rings is 1. The zero-order chi connectivity index (χ0) is 21.0. The Labute approximate surface area is 168 Å². The normalized spacial score (nSPS) is 16.1. The molecular formula is C19H18F2N6O3. The molecule has 1 aliphatic rings. The quantitative estimate of drug-likeness (QED) is 0.530. The van der Waals surface area contributed by atoms with Crippen molar-refractivity contribution in [3.8, 4) is 34.1 Å². The second kappa shape index (κ2) is 6.80. The molecule has 0 aromatic carbocycles. The summed E-state index contributed by atoms with van der Waals surface area (Å²) in [5.41, 5.74) is 3.50. The number of alkyl halides is 2. The third-order valence-electron chi connectivity index (χ3n) is 4.96. The minimum Gasteiger partial charge on any atom is -0.475 e. The molecule has 0 saturated carbocycles. The van der Waals surface area contributed by atoms with Gasteiger partial charge >= 0.3 is 6.61 Å². The molecule has 0 bridgehead atoms. The summed E-state index contributed by atoms with van der Waals surface area (Å²) in [5.74, 6) is 0.305. The monoisotopic (exact) mass is 416 g/mol. The van der Waals surface area contributed by atoms with Gasteiger partial charge in [0.25, 0.3) is 0 Å². The minimum atomic E-state index is -3.01. The number of hydrogen-bond donors (Lipinski definition) is 2. The zero-order valence-corrected chi connectivity index (χ0v) is 16.1. The van der Waals surface area contributed by atoms with Gasteiger partial charge in [0.1, 0.15) is 18.4 Å². The van der Waals surface area contributed by atoms with Crippen molar-refractivity contribution < 1.29 is 23.4 Å². The van der Waals surface area contributed by atoms with Crippen molar-refractivity contribution in [3.63, 3.8) is 0 Å². The minimum absolute atomic E-state index is 0.137.